The van der Waals surface area contributed by atoms with Crippen LogP contribution in [0.2, 0.25) is 0 Å². The van der Waals surface area contributed by atoms with Crippen molar-refractivity contribution in [2.24, 2.45) is 0 Å². The summed E-state index contributed by atoms with van der Waals surface area (Å²) in [4.78, 5) is 22.6. The lowest BCUT2D eigenvalue weighted by Gasteiger charge is -2.21. The van der Waals surface area contributed by atoms with Gasteiger partial charge in [0.1, 0.15) is 11.5 Å². The summed E-state index contributed by atoms with van der Waals surface area (Å²) in [5.74, 6) is -2.64. The molecule has 1 N–H and O–H groups in total. The molecule has 0 aromatic heterocycles. The first-order valence-electron chi connectivity index (χ1n) is 5.60. The first kappa shape index (κ1) is 15.4. The summed E-state index contributed by atoms with van der Waals surface area (Å²) >= 11 is 0. The Labute approximate surface area is 114 Å². The van der Waals surface area contributed by atoms with Crippen LogP contribution in [0.15, 0.2) is 37.4 Å². The molecule has 0 atom stereocenters. The average Bonchev–Trinajstić information content (AvgIpc) is 2.37. The van der Waals surface area contributed by atoms with Crippen LogP contribution in [0.1, 0.15) is 10.4 Å². The minimum absolute atomic E-state index is 0.00796. The second kappa shape index (κ2) is 6.46. The third kappa shape index (κ3) is 3.19. The van der Waals surface area contributed by atoms with Gasteiger partial charge in [-0.3, -0.25) is 10.1 Å². The van der Waals surface area contributed by atoms with E-state index in [9.17, 15) is 19.3 Å². The molecule has 0 amide bonds. The largest absolute Gasteiger partial charge is 0.478 e. The molecule has 106 valence electrons. The van der Waals surface area contributed by atoms with Crippen LogP contribution in [-0.4, -0.2) is 29.1 Å². The Bertz CT molecular complexity index is 562. The van der Waals surface area contributed by atoms with E-state index >= 15 is 0 Å². The third-order valence-corrected chi connectivity index (χ3v) is 2.53. The highest BCUT2D eigenvalue weighted by Gasteiger charge is 2.24. The highest BCUT2D eigenvalue weighted by Crippen LogP contribution is 2.31. The lowest BCUT2D eigenvalue weighted by molar-refractivity contribution is -0.384. The number of carboxylic acids is 1. The maximum absolute atomic E-state index is 13.5. The quantitative estimate of drug-likeness (QED) is 0.471. The number of halogens is 1. The van der Waals surface area contributed by atoms with Crippen LogP contribution in [0.4, 0.5) is 15.8 Å². The summed E-state index contributed by atoms with van der Waals surface area (Å²) in [5, 5.41) is 19.9. The standard InChI is InChI=1S/C13H13FN2O4/c1-3-5-15(6-4-2)11-7-9(13(17)18)10(14)8-12(11)16(19)20/h3-4,7-8H,1-2,5-6H2,(H,17,18). The number of hydrogen-bond acceptors (Lipinski definition) is 4. The van der Waals surface area contributed by atoms with Gasteiger partial charge in [-0.25, -0.2) is 9.18 Å². The Morgan fingerprint density at radius 2 is 1.95 bits per heavy atom. The van der Waals surface area contributed by atoms with Gasteiger partial charge in [-0.1, -0.05) is 12.2 Å². The summed E-state index contributed by atoms with van der Waals surface area (Å²) in [6.45, 7) is 7.51. The molecule has 0 aliphatic carbocycles. The van der Waals surface area contributed by atoms with Crippen molar-refractivity contribution in [2.75, 3.05) is 18.0 Å². The molecular formula is C13H13FN2O4. The number of carbonyl (C=O) groups is 1. The molecule has 0 aliphatic heterocycles. The van der Waals surface area contributed by atoms with Crippen LogP contribution in [0, 0.1) is 15.9 Å². The molecule has 0 heterocycles. The summed E-state index contributed by atoms with van der Waals surface area (Å²) in [6, 6.07) is 1.56. The second-order valence-corrected chi connectivity index (χ2v) is 3.87. The van der Waals surface area contributed by atoms with Crippen LogP contribution in [0.5, 0.6) is 0 Å². The molecule has 20 heavy (non-hydrogen) atoms. The SMILES string of the molecule is C=CCN(CC=C)c1cc(C(=O)O)c(F)cc1[N+](=O)[O-]. The normalized spacial score (nSPS) is 9.85. The molecule has 7 heteroatoms. The van der Waals surface area contributed by atoms with Gasteiger partial charge in [0.15, 0.2) is 0 Å². The van der Waals surface area contributed by atoms with E-state index in [2.05, 4.69) is 13.2 Å². The predicted octanol–water partition coefficient (Wildman–Crippen LogP) is 2.61. The Morgan fingerprint density at radius 1 is 1.40 bits per heavy atom. The van der Waals surface area contributed by atoms with Crippen molar-refractivity contribution in [1.29, 1.82) is 0 Å². The van der Waals surface area contributed by atoms with Crippen LogP contribution in [0.3, 0.4) is 0 Å². The smallest absolute Gasteiger partial charge is 0.338 e. The Morgan fingerprint density at radius 3 is 2.35 bits per heavy atom. The predicted molar refractivity (Wildman–Crippen MR) is 72.6 cm³/mol. The fraction of sp³-hybridized carbons (Fsp3) is 0.154. The number of nitro groups is 1. The van der Waals surface area contributed by atoms with E-state index in [4.69, 9.17) is 5.11 Å². The summed E-state index contributed by atoms with van der Waals surface area (Å²) in [6.07, 6.45) is 2.99. The third-order valence-electron chi connectivity index (χ3n) is 2.53. The van der Waals surface area contributed by atoms with Gasteiger partial charge in [0, 0.05) is 13.1 Å². The Hall–Kier alpha value is -2.70. The number of aromatic carboxylic acids is 1. The molecule has 1 aromatic carbocycles. The van der Waals surface area contributed by atoms with Crippen molar-refractivity contribution in [3.05, 3.63) is 58.9 Å². The molecule has 0 saturated carbocycles. The van der Waals surface area contributed by atoms with E-state index in [1.54, 1.807) is 0 Å². The molecule has 0 aliphatic rings. The summed E-state index contributed by atoms with van der Waals surface area (Å²) in [7, 11) is 0. The highest BCUT2D eigenvalue weighted by atomic mass is 19.1. The Kier molecular flexibility index (Phi) is 4.96. The molecule has 1 aromatic rings. The van der Waals surface area contributed by atoms with Gasteiger partial charge in [0.2, 0.25) is 0 Å². The van der Waals surface area contributed by atoms with Crippen LogP contribution < -0.4 is 4.90 Å². The first-order chi connectivity index (χ1) is 9.42. The number of anilines is 1. The average molecular weight is 280 g/mol. The van der Waals surface area contributed by atoms with Crippen LogP contribution in [0.25, 0.3) is 0 Å². The lowest BCUT2D eigenvalue weighted by Crippen LogP contribution is -2.24. The minimum Gasteiger partial charge on any atom is -0.478 e. The van der Waals surface area contributed by atoms with Crippen LogP contribution in [-0.2, 0) is 0 Å². The number of rotatable bonds is 7. The molecule has 0 spiro atoms. The molecule has 0 bridgehead atoms. The van der Waals surface area contributed by atoms with Gasteiger partial charge < -0.3 is 10.0 Å². The van der Waals surface area contributed by atoms with Crippen molar-refractivity contribution in [3.63, 3.8) is 0 Å². The summed E-state index contributed by atoms with van der Waals surface area (Å²) in [5.41, 5.74) is -1.12. The highest BCUT2D eigenvalue weighted by molar-refractivity contribution is 5.90. The first-order valence-corrected chi connectivity index (χ1v) is 5.60. The fourth-order valence-corrected chi connectivity index (χ4v) is 1.70. The van der Waals surface area contributed by atoms with E-state index in [0.717, 1.165) is 6.07 Å². The van der Waals surface area contributed by atoms with Gasteiger partial charge in [-0.15, -0.1) is 13.2 Å². The lowest BCUT2D eigenvalue weighted by atomic mass is 10.1. The van der Waals surface area contributed by atoms with Crippen molar-refractivity contribution >= 4 is 17.3 Å². The molecule has 0 fully saturated rings. The number of carboxylic acid groups (broad SMARTS) is 1. The van der Waals surface area contributed by atoms with E-state index in [1.807, 2.05) is 0 Å². The molecule has 6 nitrogen and oxygen atoms in total. The minimum atomic E-state index is -1.49. The van der Waals surface area contributed by atoms with Gasteiger partial charge in [0.25, 0.3) is 5.69 Å². The van der Waals surface area contributed by atoms with Gasteiger partial charge >= 0.3 is 5.97 Å². The fourth-order valence-electron chi connectivity index (χ4n) is 1.70. The topological polar surface area (TPSA) is 83.7 Å². The zero-order valence-electron chi connectivity index (χ0n) is 10.6. The number of nitrogens with zero attached hydrogens (tertiary/aromatic N) is 2. The Balaban J connectivity index is 3.49. The zero-order valence-corrected chi connectivity index (χ0v) is 10.6. The number of benzene rings is 1. The maximum atomic E-state index is 13.5. The van der Waals surface area contributed by atoms with Gasteiger partial charge in [0.05, 0.1) is 16.6 Å². The van der Waals surface area contributed by atoms with E-state index < -0.39 is 28.0 Å². The van der Waals surface area contributed by atoms with Gasteiger partial charge in [-0.2, -0.15) is 0 Å². The molecule has 0 saturated heterocycles. The monoisotopic (exact) mass is 280 g/mol. The second-order valence-electron chi connectivity index (χ2n) is 3.87. The molecular weight excluding hydrogens is 267 g/mol. The van der Waals surface area contributed by atoms with E-state index in [1.165, 1.54) is 17.1 Å². The summed E-state index contributed by atoms with van der Waals surface area (Å²) < 4.78 is 13.5. The van der Waals surface area contributed by atoms with Crippen molar-refractivity contribution in [3.8, 4) is 0 Å². The zero-order chi connectivity index (χ0) is 15.3. The van der Waals surface area contributed by atoms with E-state index in [-0.39, 0.29) is 18.8 Å². The van der Waals surface area contributed by atoms with Crippen LogP contribution >= 0.6 is 0 Å². The van der Waals surface area contributed by atoms with Crippen molar-refractivity contribution < 1.29 is 19.2 Å². The molecule has 0 radical (unpaired) electrons. The molecule has 1 rings (SSSR count). The number of hydrogen-bond donors (Lipinski definition) is 1. The van der Waals surface area contributed by atoms with Crippen molar-refractivity contribution in [2.45, 2.75) is 0 Å². The maximum Gasteiger partial charge on any atom is 0.338 e. The van der Waals surface area contributed by atoms with Crippen molar-refractivity contribution in [1.82, 2.24) is 0 Å². The van der Waals surface area contributed by atoms with E-state index in [0.29, 0.717) is 6.07 Å². The number of nitro benzene ring substituents is 1. The molecule has 0 unspecified atom stereocenters. The van der Waals surface area contributed by atoms with Gasteiger partial charge in [-0.05, 0) is 6.07 Å².